The van der Waals surface area contributed by atoms with Crippen LogP contribution in [0.2, 0.25) is 0 Å². The maximum Gasteiger partial charge on any atom is 0.162 e. The Morgan fingerprint density at radius 1 is 1.22 bits per heavy atom. The van der Waals surface area contributed by atoms with E-state index in [2.05, 4.69) is 22.9 Å². The molecule has 0 aliphatic carbocycles. The van der Waals surface area contributed by atoms with Crippen LogP contribution in [0.3, 0.4) is 0 Å². The molecule has 1 fully saturated rings. The van der Waals surface area contributed by atoms with Gasteiger partial charge in [-0.05, 0) is 32.0 Å². The van der Waals surface area contributed by atoms with Crippen LogP contribution < -0.4 is 4.74 Å². The van der Waals surface area contributed by atoms with Crippen LogP contribution in [0, 0.1) is 5.41 Å². The Hall–Kier alpha value is -0.580. The molecule has 0 spiro atoms. The first-order valence-electron chi connectivity index (χ1n) is 6.05. The fraction of sp³-hybridized carbons (Fsp3) is 0.571. The van der Waals surface area contributed by atoms with E-state index in [4.69, 9.17) is 14.2 Å². The lowest BCUT2D eigenvalue weighted by atomic mass is 9.93. The molecule has 3 nitrogen and oxygen atoms in total. The summed E-state index contributed by atoms with van der Waals surface area (Å²) < 4.78 is 18.2. The Kier molecular flexibility index (Phi) is 3.99. The molecule has 1 aliphatic rings. The lowest BCUT2D eigenvalue weighted by Gasteiger charge is -2.41. The van der Waals surface area contributed by atoms with Gasteiger partial charge in [-0.1, -0.05) is 28.9 Å². The first-order chi connectivity index (χ1) is 8.39. The van der Waals surface area contributed by atoms with Crippen LogP contribution in [0.25, 0.3) is 0 Å². The number of rotatable bonds is 3. The maximum atomic E-state index is 5.81. The first kappa shape index (κ1) is 13.8. The van der Waals surface area contributed by atoms with Crippen molar-refractivity contribution < 1.29 is 14.2 Å². The molecule has 1 aromatic carbocycles. The van der Waals surface area contributed by atoms with E-state index in [0.29, 0.717) is 19.8 Å². The molecule has 18 heavy (non-hydrogen) atoms. The largest absolute Gasteiger partial charge is 0.493 e. The molecule has 4 heteroatoms. The summed E-state index contributed by atoms with van der Waals surface area (Å²) in [5.74, 6) is 0.380. The minimum Gasteiger partial charge on any atom is -0.493 e. The summed E-state index contributed by atoms with van der Waals surface area (Å²) in [4.78, 5) is 0. The molecule has 0 radical (unpaired) electrons. The fourth-order valence-electron chi connectivity index (χ4n) is 1.68. The van der Waals surface area contributed by atoms with Gasteiger partial charge in [-0.3, -0.25) is 0 Å². The molecule has 1 saturated heterocycles. The fourth-order valence-corrected chi connectivity index (χ4v) is 2.06. The SMILES string of the molecule is CC1(COc2cccc(Br)c2)COC(C)(C)OC1. The summed E-state index contributed by atoms with van der Waals surface area (Å²) in [6.07, 6.45) is 0. The highest BCUT2D eigenvalue weighted by molar-refractivity contribution is 9.10. The van der Waals surface area contributed by atoms with Crippen LogP contribution in [0.4, 0.5) is 0 Å². The average molecular weight is 315 g/mol. The van der Waals surface area contributed by atoms with Gasteiger partial charge in [0, 0.05) is 9.89 Å². The van der Waals surface area contributed by atoms with E-state index in [-0.39, 0.29) is 5.41 Å². The van der Waals surface area contributed by atoms with Crippen molar-refractivity contribution in [3.63, 3.8) is 0 Å². The van der Waals surface area contributed by atoms with Crippen LogP contribution in [-0.2, 0) is 9.47 Å². The third-order valence-electron chi connectivity index (χ3n) is 2.92. The molecule has 100 valence electrons. The monoisotopic (exact) mass is 314 g/mol. The first-order valence-corrected chi connectivity index (χ1v) is 6.84. The lowest BCUT2D eigenvalue weighted by Crippen LogP contribution is -2.47. The molecule has 0 atom stereocenters. The number of hydrogen-bond acceptors (Lipinski definition) is 3. The molecule has 0 aromatic heterocycles. The zero-order valence-electron chi connectivity index (χ0n) is 11.0. The van der Waals surface area contributed by atoms with Gasteiger partial charge in [-0.2, -0.15) is 0 Å². The Labute approximate surface area is 117 Å². The highest BCUT2D eigenvalue weighted by Gasteiger charge is 2.37. The second-order valence-electron chi connectivity index (χ2n) is 5.53. The molecule has 1 heterocycles. The summed E-state index contributed by atoms with van der Waals surface area (Å²) in [5, 5.41) is 0. The van der Waals surface area contributed by atoms with E-state index < -0.39 is 5.79 Å². The Morgan fingerprint density at radius 2 is 1.89 bits per heavy atom. The standard InChI is InChI=1S/C14H19BrO3/c1-13(2)17-9-14(3,10-18-13)8-16-12-6-4-5-11(15)7-12/h4-7H,8-10H2,1-3H3. The predicted octanol–water partition coefficient (Wildman–Crippen LogP) is 3.62. The molecular weight excluding hydrogens is 296 g/mol. The summed E-state index contributed by atoms with van der Waals surface area (Å²) in [5.41, 5.74) is -0.0994. The molecule has 2 rings (SSSR count). The Morgan fingerprint density at radius 3 is 2.50 bits per heavy atom. The van der Waals surface area contributed by atoms with Crippen molar-refractivity contribution >= 4 is 15.9 Å². The summed E-state index contributed by atoms with van der Waals surface area (Å²) >= 11 is 3.43. The van der Waals surface area contributed by atoms with Gasteiger partial charge in [0.05, 0.1) is 19.8 Å². The van der Waals surface area contributed by atoms with Gasteiger partial charge in [-0.25, -0.2) is 0 Å². The summed E-state index contributed by atoms with van der Waals surface area (Å²) in [7, 11) is 0. The van der Waals surface area contributed by atoms with E-state index in [0.717, 1.165) is 10.2 Å². The van der Waals surface area contributed by atoms with Gasteiger partial charge in [0.15, 0.2) is 5.79 Å². The zero-order valence-corrected chi connectivity index (χ0v) is 12.6. The molecule has 0 unspecified atom stereocenters. The van der Waals surface area contributed by atoms with Gasteiger partial charge >= 0.3 is 0 Å². The van der Waals surface area contributed by atoms with E-state index in [9.17, 15) is 0 Å². The van der Waals surface area contributed by atoms with Gasteiger partial charge in [-0.15, -0.1) is 0 Å². The second-order valence-corrected chi connectivity index (χ2v) is 6.45. The molecular formula is C14H19BrO3. The van der Waals surface area contributed by atoms with Crippen molar-refractivity contribution in [2.24, 2.45) is 5.41 Å². The van der Waals surface area contributed by atoms with Crippen LogP contribution in [0.15, 0.2) is 28.7 Å². The number of hydrogen-bond donors (Lipinski definition) is 0. The van der Waals surface area contributed by atoms with Gasteiger partial charge in [0.2, 0.25) is 0 Å². The minimum absolute atomic E-state index is 0.0994. The van der Waals surface area contributed by atoms with Crippen molar-refractivity contribution in [3.05, 3.63) is 28.7 Å². The van der Waals surface area contributed by atoms with Crippen LogP contribution in [0.1, 0.15) is 20.8 Å². The van der Waals surface area contributed by atoms with Crippen molar-refractivity contribution in [3.8, 4) is 5.75 Å². The summed E-state index contributed by atoms with van der Waals surface area (Å²) in [6.45, 7) is 7.85. The lowest BCUT2D eigenvalue weighted by molar-refractivity contribution is -0.285. The topological polar surface area (TPSA) is 27.7 Å². The van der Waals surface area contributed by atoms with E-state index >= 15 is 0 Å². The van der Waals surface area contributed by atoms with Crippen molar-refractivity contribution in [1.29, 1.82) is 0 Å². The van der Waals surface area contributed by atoms with Gasteiger partial charge in [0.25, 0.3) is 0 Å². The molecule has 0 saturated carbocycles. The van der Waals surface area contributed by atoms with Crippen molar-refractivity contribution in [2.75, 3.05) is 19.8 Å². The highest BCUT2D eigenvalue weighted by atomic mass is 79.9. The molecule has 1 aromatic rings. The van der Waals surface area contributed by atoms with Crippen LogP contribution in [0.5, 0.6) is 5.75 Å². The highest BCUT2D eigenvalue weighted by Crippen LogP contribution is 2.30. The van der Waals surface area contributed by atoms with Crippen LogP contribution in [-0.4, -0.2) is 25.6 Å². The molecule has 1 aliphatic heterocycles. The maximum absolute atomic E-state index is 5.81. The Bertz CT molecular complexity index is 407. The van der Waals surface area contributed by atoms with E-state index in [1.807, 2.05) is 38.1 Å². The molecule has 0 amide bonds. The van der Waals surface area contributed by atoms with Crippen LogP contribution >= 0.6 is 15.9 Å². The third kappa shape index (κ3) is 3.70. The number of benzene rings is 1. The van der Waals surface area contributed by atoms with E-state index in [1.165, 1.54) is 0 Å². The summed E-state index contributed by atoms with van der Waals surface area (Å²) in [6, 6.07) is 7.84. The molecule has 0 N–H and O–H groups in total. The van der Waals surface area contributed by atoms with Gasteiger partial charge in [0.1, 0.15) is 5.75 Å². The van der Waals surface area contributed by atoms with Gasteiger partial charge < -0.3 is 14.2 Å². The third-order valence-corrected chi connectivity index (χ3v) is 3.41. The number of ether oxygens (including phenoxy) is 3. The van der Waals surface area contributed by atoms with Crippen molar-refractivity contribution in [1.82, 2.24) is 0 Å². The predicted molar refractivity (Wildman–Crippen MR) is 73.7 cm³/mol. The minimum atomic E-state index is -0.477. The second kappa shape index (κ2) is 5.19. The smallest absolute Gasteiger partial charge is 0.162 e. The van der Waals surface area contributed by atoms with E-state index in [1.54, 1.807) is 0 Å². The zero-order chi connectivity index (χ0) is 13.2. The average Bonchev–Trinajstić information content (AvgIpc) is 2.32. The quantitative estimate of drug-likeness (QED) is 0.853. The number of halogens is 1. The molecule has 0 bridgehead atoms. The Balaban J connectivity index is 1.90. The van der Waals surface area contributed by atoms with Crippen molar-refractivity contribution in [2.45, 2.75) is 26.6 Å². The normalized spacial score (nSPS) is 21.6.